The van der Waals surface area contributed by atoms with Gasteiger partial charge in [0.1, 0.15) is 0 Å². The van der Waals surface area contributed by atoms with Gasteiger partial charge in [0.15, 0.2) is 0 Å². The van der Waals surface area contributed by atoms with E-state index in [1.54, 1.807) is 12.1 Å². The van der Waals surface area contributed by atoms with Gasteiger partial charge in [-0.05, 0) is 67.7 Å². The molecular formula is C31H32ClF2N. The van der Waals surface area contributed by atoms with Crippen molar-refractivity contribution < 1.29 is 8.78 Å². The van der Waals surface area contributed by atoms with Gasteiger partial charge in [0, 0.05) is 35.7 Å². The Morgan fingerprint density at radius 2 is 1.54 bits per heavy atom. The fourth-order valence-corrected chi connectivity index (χ4v) is 5.59. The lowest BCUT2D eigenvalue weighted by Gasteiger charge is -2.16. The molecule has 1 aliphatic rings. The van der Waals surface area contributed by atoms with Gasteiger partial charge in [0.2, 0.25) is 0 Å². The Hall–Kier alpha value is -2.91. The number of benzene rings is 3. The van der Waals surface area contributed by atoms with Crippen LogP contribution in [0.1, 0.15) is 58.7 Å². The van der Waals surface area contributed by atoms with E-state index in [1.807, 2.05) is 25.1 Å². The zero-order valence-electron chi connectivity index (χ0n) is 21.0. The first-order valence-corrected chi connectivity index (χ1v) is 12.2. The average Bonchev–Trinajstić information content (AvgIpc) is 3.35. The standard InChI is InChI=1S/C31H32ClF2N/c1-18-14-19(2)16-24(15-18)29-28(30(29,6)32)22(5)35-26-13-8-20(3)27(17-26)21(4)23-9-11-25(12-10-23)31(7,33)34/h8-17,28-29,35H,4-5H2,1-3,6-7H3. The van der Waals surface area contributed by atoms with Crippen LogP contribution >= 0.6 is 11.6 Å². The Bertz CT molecular complexity index is 1280. The van der Waals surface area contributed by atoms with E-state index in [0.29, 0.717) is 0 Å². The Balaban J connectivity index is 1.54. The zero-order valence-corrected chi connectivity index (χ0v) is 21.7. The van der Waals surface area contributed by atoms with Gasteiger partial charge < -0.3 is 5.32 Å². The summed E-state index contributed by atoms with van der Waals surface area (Å²) in [6, 6.07) is 19.0. The minimum Gasteiger partial charge on any atom is -0.359 e. The minimum absolute atomic E-state index is 0.00981. The molecule has 0 radical (unpaired) electrons. The molecule has 0 amide bonds. The van der Waals surface area contributed by atoms with Crippen molar-refractivity contribution in [1.82, 2.24) is 0 Å². The maximum atomic E-state index is 13.6. The van der Waals surface area contributed by atoms with Crippen molar-refractivity contribution in [3.8, 4) is 0 Å². The first-order valence-electron chi connectivity index (χ1n) is 11.8. The molecule has 1 nitrogen and oxygen atoms in total. The van der Waals surface area contributed by atoms with Gasteiger partial charge in [-0.25, -0.2) is 8.78 Å². The number of aryl methyl sites for hydroxylation is 3. The molecule has 3 aromatic carbocycles. The summed E-state index contributed by atoms with van der Waals surface area (Å²) in [6.07, 6.45) is 0. The third-order valence-corrected chi connectivity index (χ3v) is 7.50. The fourth-order valence-electron chi connectivity index (χ4n) is 5.14. The molecule has 4 heteroatoms. The summed E-state index contributed by atoms with van der Waals surface area (Å²) in [5.74, 6) is -2.58. The molecule has 0 aromatic heterocycles. The van der Waals surface area contributed by atoms with Crippen LogP contribution in [-0.2, 0) is 5.92 Å². The highest BCUT2D eigenvalue weighted by Gasteiger charge is 2.62. The Labute approximate surface area is 212 Å². The van der Waals surface area contributed by atoms with Gasteiger partial charge in [0.25, 0.3) is 5.92 Å². The summed E-state index contributed by atoms with van der Waals surface area (Å²) in [4.78, 5) is -0.398. The van der Waals surface area contributed by atoms with Gasteiger partial charge in [-0.2, -0.15) is 0 Å². The normalized spacial score (nSPS) is 21.5. The number of anilines is 1. The molecule has 3 aromatic rings. The lowest BCUT2D eigenvalue weighted by Crippen LogP contribution is -2.07. The molecule has 0 bridgehead atoms. The number of rotatable bonds is 7. The van der Waals surface area contributed by atoms with Gasteiger partial charge in [-0.1, -0.05) is 72.8 Å². The second-order valence-corrected chi connectivity index (χ2v) is 11.0. The van der Waals surface area contributed by atoms with Crippen LogP contribution in [0, 0.1) is 26.7 Å². The van der Waals surface area contributed by atoms with Crippen LogP contribution in [0.2, 0.25) is 0 Å². The van der Waals surface area contributed by atoms with Gasteiger partial charge >= 0.3 is 0 Å². The number of allylic oxidation sites excluding steroid dienone is 1. The molecule has 0 saturated heterocycles. The van der Waals surface area contributed by atoms with Crippen molar-refractivity contribution >= 4 is 22.9 Å². The van der Waals surface area contributed by atoms with E-state index in [4.69, 9.17) is 11.6 Å². The van der Waals surface area contributed by atoms with Gasteiger partial charge in [-0.3, -0.25) is 0 Å². The Kier molecular flexibility index (Phi) is 6.44. The molecule has 35 heavy (non-hydrogen) atoms. The second kappa shape index (κ2) is 8.95. The summed E-state index contributed by atoms with van der Waals surface area (Å²) in [7, 11) is 0. The number of halogens is 3. The van der Waals surface area contributed by atoms with Crippen LogP contribution in [0.25, 0.3) is 5.57 Å². The molecule has 182 valence electrons. The topological polar surface area (TPSA) is 12.0 Å². The summed E-state index contributed by atoms with van der Waals surface area (Å²) >= 11 is 6.94. The first-order chi connectivity index (χ1) is 16.3. The predicted molar refractivity (Wildman–Crippen MR) is 144 cm³/mol. The predicted octanol–water partition coefficient (Wildman–Crippen LogP) is 9.12. The zero-order chi connectivity index (χ0) is 25.7. The molecule has 0 spiro atoms. The van der Waals surface area contributed by atoms with E-state index in [2.05, 4.69) is 57.4 Å². The lowest BCUT2D eigenvalue weighted by molar-refractivity contribution is 0.0175. The van der Waals surface area contributed by atoms with Gasteiger partial charge in [0.05, 0.1) is 4.87 Å². The van der Waals surface area contributed by atoms with Crippen molar-refractivity contribution in [2.24, 2.45) is 5.92 Å². The van der Waals surface area contributed by atoms with E-state index in [-0.39, 0.29) is 17.4 Å². The number of nitrogens with one attached hydrogen (secondary N) is 1. The molecule has 1 fully saturated rings. The molecule has 1 aliphatic carbocycles. The highest BCUT2D eigenvalue weighted by atomic mass is 35.5. The van der Waals surface area contributed by atoms with Crippen LogP contribution in [0.15, 0.2) is 79.5 Å². The highest BCUT2D eigenvalue weighted by Crippen LogP contribution is 2.64. The largest absolute Gasteiger partial charge is 0.359 e. The molecule has 3 atom stereocenters. The molecule has 0 heterocycles. The molecular weight excluding hydrogens is 460 g/mol. The van der Waals surface area contributed by atoms with Crippen LogP contribution in [0.5, 0.6) is 0 Å². The van der Waals surface area contributed by atoms with E-state index in [1.165, 1.54) is 28.8 Å². The monoisotopic (exact) mass is 491 g/mol. The highest BCUT2D eigenvalue weighted by molar-refractivity contribution is 6.27. The van der Waals surface area contributed by atoms with Gasteiger partial charge in [-0.15, -0.1) is 11.6 Å². The van der Waals surface area contributed by atoms with Crippen molar-refractivity contribution in [1.29, 1.82) is 0 Å². The summed E-state index contributed by atoms with van der Waals surface area (Å²) in [5, 5.41) is 3.47. The molecule has 4 rings (SSSR count). The van der Waals surface area contributed by atoms with Crippen molar-refractivity contribution in [3.63, 3.8) is 0 Å². The maximum Gasteiger partial charge on any atom is 0.270 e. The summed E-state index contributed by atoms with van der Waals surface area (Å²) in [5.41, 5.74) is 9.06. The SMILES string of the molecule is C=C(c1ccc(C(C)(F)F)cc1)c1cc(NC(=C)C2C(c3cc(C)cc(C)c3)C2(C)Cl)ccc1C. The van der Waals surface area contributed by atoms with E-state index >= 15 is 0 Å². The lowest BCUT2D eigenvalue weighted by atomic mass is 9.94. The number of hydrogen-bond acceptors (Lipinski definition) is 1. The fraction of sp³-hybridized carbons (Fsp3) is 0.290. The third kappa shape index (κ3) is 5.06. The van der Waals surface area contributed by atoms with E-state index < -0.39 is 10.8 Å². The minimum atomic E-state index is -2.87. The van der Waals surface area contributed by atoms with Crippen molar-refractivity contribution in [3.05, 3.63) is 118 Å². The third-order valence-electron chi connectivity index (χ3n) is 7.03. The van der Waals surface area contributed by atoms with Crippen molar-refractivity contribution in [2.75, 3.05) is 5.32 Å². The second-order valence-electron chi connectivity index (χ2n) is 10.2. The molecule has 0 aliphatic heterocycles. The van der Waals surface area contributed by atoms with Crippen LogP contribution in [0.4, 0.5) is 14.5 Å². The van der Waals surface area contributed by atoms with E-state index in [0.717, 1.165) is 40.6 Å². The average molecular weight is 492 g/mol. The maximum absolute atomic E-state index is 13.6. The molecule has 3 unspecified atom stereocenters. The van der Waals surface area contributed by atoms with Crippen LogP contribution in [0.3, 0.4) is 0 Å². The Morgan fingerprint density at radius 3 is 2.11 bits per heavy atom. The molecule has 1 saturated carbocycles. The van der Waals surface area contributed by atoms with Crippen LogP contribution < -0.4 is 5.32 Å². The Morgan fingerprint density at radius 1 is 0.943 bits per heavy atom. The quantitative estimate of drug-likeness (QED) is 0.325. The van der Waals surface area contributed by atoms with E-state index in [9.17, 15) is 8.78 Å². The number of alkyl halides is 3. The van der Waals surface area contributed by atoms with Crippen LogP contribution in [-0.4, -0.2) is 4.87 Å². The van der Waals surface area contributed by atoms with Crippen molar-refractivity contribution in [2.45, 2.75) is 51.3 Å². The first kappa shape index (κ1) is 25.2. The molecule has 1 N–H and O–H groups in total. The summed E-state index contributed by atoms with van der Waals surface area (Å²) in [6.45, 7) is 17.8. The summed E-state index contributed by atoms with van der Waals surface area (Å²) < 4.78 is 27.2. The number of hydrogen-bond donors (Lipinski definition) is 1. The smallest absolute Gasteiger partial charge is 0.270 e.